The standard InChI is InChI=1S/C16H16N2/c1-16(2,3)11-8-9-14-15(10-11)18-13-7-5-4-6-12(13)17-14/h4-10H,1-3H3. The van der Waals surface area contributed by atoms with E-state index in [2.05, 4.69) is 48.9 Å². The first-order chi connectivity index (χ1) is 8.54. The van der Waals surface area contributed by atoms with Crippen molar-refractivity contribution in [2.24, 2.45) is 0 Å². The van der Waals surface area contributed by atoms with Crippen LogP contribution in [0.15, 0.2) is 42.5 Å². The fraction of sp³-hybridized carbons (Fsp3) is 0.250. The Bertz CT molecular complexity index is 724. The number of para-hydroxylation sites is 2. The first-order valence-electron chi connectivity index (χ1n) is 6.21. The highest BCUT2D eigenvalue weighted by molar-refractivity contribution is 5.86. The Kier molecular flexibility index (Phi) is 2.34. The maximum atomic E-state index is 4.69. The number of aromatic nitrogens is 2. The molecule has 1 aromatic heterocycles. The summed E-state index contributed by atoms with van der Waals surface area (Å²) >= 11 is 0. The van der Waals surface area contributed by atoms with Gasteiger partial charge in [0, 0.05) is 0 Å². The molecule has 0 radical (unpaired) electrons. The lowest BCUT2D eigenvalue weighted by atomic mass is 9.87. The third-order valence-electron chi connectivity index (χ3n) is 3.20. The fourth-order valence-electron chi connectivity index (χ4n) is 2.09. The minimum Gasteiger partial charge on any atom is -0.245 e. The Balaban J connectivity index is 2.31. The van der Waals surface area contributed by atoms with Gasteiger partial charge >= 0.3 is 0 Å². The second-order valence-corrected chi connectivity index (χ2v) is 5.67. The summed E-state index contributed by atoms with van der Waals surface area (Å²) in [4.78, 5) is 9.33. The van der Waals surface area contributed by atoms with Crippen molar-refractivity contribution in [3.05, 3.63) is 48.0 Å². The highest BCUT2D eigenvalue weighted by atomic mass is 14.8. The molecule has 0 bridgehead atoms. The van der Waals surface area contributed by atoms with Gasteiger partial charge in [-0.3, -0.25) is 0 Å². The summed E-state index contributed by atoms with van der Waals surface area (Å²) in [6.07, 6.45) is 0. The molecule has 18 heavy (non-hydrogen) atoms. The van der Waals surface area contributed by atoms with E-state index in [1.54, 1.807) is 0 Å². The molecule has 0 unspecified atom stereocenters. The van der Waals surface area contributed by atoms with Crippen molar-refractivity contribution in [3.63, 3.8) is 0 Å². The molecule has 90 valence electrons. The quantitative estimate of drug-likeness (QED) is 0.550. The maximum Gasteiger partial charge on any atom is 0.0897 e. The molecule has 1 heterocycles. The molecular weight excluding hydrogens is 220 g/mol. The van der Waals surface area contributed by atoms with E-state index in [1.165, 1.54) is 5.56 Å². The van der Waals surface area contributed by atoms with E-state index in [0.29, 0.717) is 0 Å². The van der Waals surface area contributed by atoms with Crippen LogP contribution in [0.2, 0.25) is 0 Å². The van der Waals surface area contributed by atoms with Crippen LogP contribution >= 0.6 is 0 Å². The van der Waals surface area contributed by atoms with E-state index < -0.39 is 0 Å². The third-order valence-corrected chi connectivity index (χ3v) is 3.20. The average molecular weight is 236 g/mol. The van der Waals surface area contributed by atoms with Crippen molar-refractivity contribution in [2.75, 3.05) is 0 Å². The molecule has 0 amide bonds. The zero-order chi connectivity index (χ0) is 12.8. The first kappa shape index (κ1) is 11.1. The molecule has 0 saturated carbocycles. The molecule has 0 saturated heterocycles. The molecular formula is C16H16N2. The van der Waals surface area contributed by atoms with Crippen LogP contribution in [0.4, 0.5) is 0 Å². The SMILES string of the molecule is CC(C)(C)c1ccc2nc3ccccc3nc2c1. The van der Waals surface area contributed by atoms with Crippen molar-refractivity contribution in [1.82, 2.24) is 9.97 Å². The normalized spacial score (nSPS) is 12.2. The zero-order valence-electron chi connectivity index (χ0n) is 10.9. The van der Waals surface area contributed by atoms with Gasteiger partial charge in [-0.2, -0.15) is 0 Å². The lowest BCUT2D eigenvalue weighted by Crippen LogP contribution is -2.10. The van der Waals surface area contributed by atoms with Gasteiger partial charge in [-0.15, -0.1) is 0 Å². The van der Waals surface area contributed by atoms with Crippen LogP contribution in [0.25, 0.3) is 22.1 Å². The minimum absolute atomic E-state index is 0.140. The molecule has 3 aromatic rings. The van der Waals surface area contributed by atoms with Crippen molar-refractivity contribution >= 4 is 22.1 Å². The Morgan fingerprint density at radius 2 is 1.28 bits per heavy atom. The van der Waals surface area contributed by atoms with Gasteiger partial charge in [-0.25, -0.2) is 9.97 Å². The number of rotatable bonds is 0. The van der Waals surface area contributed by atoms with Gasteiger partial charge in [0.15, 0.2) is 0 Å². The Hall–Kier alpha value is -1.96. The van der Waals surface area contributed by atoms with Gasteiger partial charge in [0.25, 0.3) is 0 Å². The van der Waals surface area contributed by atoms with Crippen molar-refractivity contribution in [3.8, 4) is 0 Å². The summed E-state index contributed by atoms with van der Waals surface area (Å²) in [5.41, 5.74) is 5.27. The van der Waals surface area contributed by atoms with Crippen molar-refractivity contribution in [2.45, 2.75) is 26.2 Å². The van der Waals surface area contributed by atoms with Gasteiger partial charge in [-0.1, -0.05) is 39.0 Å². The van der Waals surface area contributed by atoms with E-state index in [1.807, 2.05) is 24.3 Å². The Morgan fingerprint density at radius 3 is 1.89 bits per heavy atom. The molecule has 0 fully saturated rings. The van der Waals surface area contributed by atoms with E-state index in [9.17, 15) is 0 Å². The highest BCUT2D eigenvalue weighted by Crippen LogP contribution is 2.25. The number of hydrogen-bond donors (Lipinski definition) is 0. The molecule has 0 aliphatic carbocycles. The molecule has 0 spiro atoms. The largest absolute Gasteiger partial charge is 0.245 e. The first-order valence-corrected chi connectivity index (χ1v) is 6.21. The molecule has 0 aliphatic rings. The predicted octanol–water partition coefficient (Wildman–Crippen LogP) is 4.08. The van der Waals surface area contributed by atoms with Crippen LogP contribution < -0.4 is 0 Å². The van der Waals surface area contributed by atoms with E-state index in [0.717, 1.165) is 22.1 Å². The third kappa shape index (κ3) is 1.84. The molecule has 2 nitrogen and oxygen atoms in total. The smallest absolute Gasteiger partial charge is 0.0897 e. The molecule has 0 aliphatic heterocycles. The number of benzene rings is 2. The molecule has 2 heteroatoms. The molecule has 3 rings (SSSR count). The Morgan fingerprint density at radius 1 is 0.722 bits per heavy atom. The van der Waals surface area contributed by atoms with Crippen LogP contribution in [0.3, 0.4) is 0 Å². The van der Waals surface area contributed by atoms with Crippen LogP contribution in [0, 0.1) is 0 Å². The van der Waals surface area contributed by atoms with Crippen molar-refractivity contribution in [1.29, 1.82) is 0 Å². The lowest BCUT2D eigenvalue weighted by Gasteiger charge is -2.19. The van der Waals surface area contributed by atoms with Crippen LogP contribution in [-0.4, -0.2) is 9.97 Å². The summed E-state index contributed by atoms with van der Waals surface area (Å²) in [6, 6.07) is 14.4. The number of hydrogen-bond acceptors (Lipinski definition) is 2. The van der Waals surface area contributed by atoms with E-state index >= 15 is 0 Å². The summed E-state index contributed by atoms with van der Waals surface area (Å²) in [5, 5.41) is 0. The van der Waals surface area contributed by atoms with Gasteiger partial charge < -0.3 is 0 Å². The molecule has 0 atom stereocenters. The highest BCUT2D eigenvalue weighted by Gasteiger charge is 2.14. The second kappa shape index (κ2) is 3.77. The lowest BCUT2D eigenvalue weighted by molar-refractivity contribution is 0.591. The zero-order valence-corrected chi connectivity index (χ0v) is 10.9. The summed E-state index contributed by atoms with van der Waals surface area (Å²) < 4.78 is 0. The molecule has 2 aromatic carbocycles. The summed E-state index contributed by atoms with van der Waals surface area (Å²) in [5.74, 6) is 0. The van der Waals surface area contributed by atoms with E-state index in [4.69, 9.17) is 0 Å². The molecule has 0 N–H and O–H groups in total. The van der Waals surface area contributed by atoms with Gasteiger partial charge in [0.2, 0.25) is 0 Å². The van der Waals surface area contributed by atoms with E-state index in [-0.39, 0.29) is 5.41 Å². The average Bonchev–Trinajstić information content (AvgIpc) is 2.34. The monoisotopic (exact) mass is 236 g/mol. The van der Waals surface area contributed by atoms with Gasteiger partial charge in [-0.05, 0) is 35.2 Å². The summed E-state index contributed by atoms with van der Waals surface area (Å²) in [7, 11) is 0. The number of nitrogens with zero attached hydrogens (tertiary/aromatic N) is 2. The van der Waals surface area contributed by atoms with Gasteiger partial charge in [0.1, 0.15) is 0 Å². The van der Waals surface area contributed by atoms with Crippen LogP contribution in [0.1, 0.15) is 26.3 Å². The maximum absolute atomic E-state index is 4.69. The Labute approximate surface area is 107 Å². The fourth-order valence-corrected chi connectivity index (χ4v) is 2.09. The minimum atomic E-state index is 0.140. The predicted molar refractivity (Wildman–Crippen MR) is 75.7 cm³/mol. The van der Waals surface area contributed by atoms with Crippen molar-refractivity contribution < 1.29 is 0 Å². The number of fused-ring (bicyclic) bond motifs is 2. The topological polar surface area (TPSA) is 25.8 Å². The summed E-state index contributed by atoms with van der Waals surface area (Å²) in [6.45, 7) is 6.63. The van der Waals surface area contributed by atoms with Gasteiger partial charge in [0.05, 0.1) is 22.1 Å². The van der Waals surface area contributed by atoms with Crippen LogP contribution in [0.5, 0.6) is 0 Å². The second-order valence-electron chi connectivity index (χ2n) is 5.67. The van der Waals surface area contributed by atoms with Crippen LogP contribution in [-0.2, 0) is 5.41 Å².